The van der Waals surface area contributed by atoms with E-state index in [9.17, 15) is 9.90 Å². The Bertz CT molecular complexity index is 477. The Morgan fingerprint density at radius 2 is 1.95 bits per heavy atom. The molecular weight excluding hydrogens is 254 g/mol. The van der Waals surface area contributed by atoms with Crippen molar-refractivity contribution in [3.8, 4) is 5.75 Å². The Morgan fingerprint density at radius 3 is 2.45 bits per heavy atom. The van der Waals surface area contributed by atoms with Gasteiger partial charge in [0, 0.05) is 23.7 Å². The third kappa shape index (κ3) is 4.23. The van der Waals surface area contributed by atoms with Crippen LogP contribution in [0.1, 0.15) is 51.3 Å². The maximum Gasteiger partial charge on any atom is 0.304 e. The van der Waals surface area contributed by atoms with Crippen molar-refractivity contribution in [1.82, 2.24) is 4.90 Å². The minimum absolute atomic E-state index is 0.0470. The van der Waals surface area contributed by atoms with Gasteiger partial charge in [-0.05, 0) is 40.7 Å². The molecule has 112 valence electrons. The number of aryl methyl sites for hydroxylation is 1. The fourth-order valence-electron chi connectivity index (χ4n) is 2.50. The van der Waals surface area contributed by atoms with E-state index in [1.165, 1.54) is 0 Å². The Kier molecular flexibility index (Phi) is 5.17. The van der Waals surface area contributed by atoms with Gasteiger partial charge in [-0.1, -0.05) is 17.7 Å². The number of aromatic hydroxyl groups is 1. The first-order chi connectivity index (χ1) is 9.12. The van der Waals surface area contributed by atoms with Gasteiger partial charge in [0.15, 0.2) is 0 Å². The number of rotatable bonds is 5. The van der Waals surface area contributed by atoms with E-state index >= 15 is 0 Å². The van der Waals surface area contributed by atoms with E-state index in [2.05, 4.69) is 25.7 Å². The zero-order valence-corrected chi connectivity index (χ0v) is 13.0. The second-order valence-electron chi connectivity index (χ2n) is 6.25. The van der Waals surface area contributed by atoms with Crippen LogP contribution in [0.15, 0.2) is 18.2 Å². The number of nitrogens with zero attached hydrogens (tertiary/aromatic N) is 1. The molecule has 1 rings (SSSR count). The van der Waals surface area contributed by atoms with Gasteiger partial charge in [-0.15, -0.1) is 0 Å². The van der Waals surface area contributed by atoms with Crippen LogP contribution < -0.4 is 0 Å². The maximum absolute atomic E-state index is 10.8. The highest BCUT2D eigenvalue weighted by Gasteiger charge is 2.28. The third-order valence-electron chi connectivity index (χ3n) is 3.53. The lowest BCUT2D eigenvalue weighted by Gasteiger charge is -2.40. The number of phenols is 1. The summed E-state index contributed by atoms with van der Waals surface area (Å²) in [6.45, 7) is 10.6. The first-order valence-corrected chi connectivity index (χ1v) is 6.91. The summed E-state index contributed by atoms with van der Waals surface area (Å²) < 4.78 is 0. The number of hydrogen-bond acceptors (Lipinski definition) is 3. The fraction of sp³-hybridized carbons (Fsp3) is 0.562. The number of carbonyl (C=O) groups is 1. The molecule has 4 heteroatoms. The minimum atomic E-state index is -0.806. The molecule has 1 aromatic carbocycles. The monoisotopic (exact) mass is 279 g/mol. The fourth-order valence-corrected chi connectivity index (χ4v) is 2.50. The van der Waals surface area contributed by atoms with Gasteiger partial charge in [-0.25, -0.2) is 0 Å². The maximum atomic E-state index is 10.8. The van der Waals surface area contributed by atoms with Crippen LogP contribution in [0, 0.1) is 6.92 Å². The van der Waals surface area contributed by atoms with Gasteiger partial charge in [-0.2, -0.15) is 0 Å². The minimum Gasteiger partial charge on any atom is -0.508 e. The molecule has 0 fully saturated rings. The Labute approximate surface area is 121 Å². The molecule has 0 bridgehead atoms. The summed E-state index contributed by atoms with van der Waals surface area (Å²) in [6.07, 6.45) is 0.0915. The predicted molar refractivity (Wildman–Crippen MR) is 80.0 cm³/mol. The summed E-state index contributed by atoms with van der Waals surface area (Å²) in [4.78, 5) is 12.9. The van der Waals surface area contributed by atoms with Crippen molar-refractivity contribution in [2.45, 2.75) is 52.6 Å². The van der Waals surface area contributed by atoms with E-state index in [1.54, 1.807) is 6.07 Å². The molecule has 1 aromatic rings. The zero-order chi connectivity index (χ0) is 15.5. The van der Waals surface area contributed by atoms with Crippen LogP contribution in [0.3, 0.4) is 0 Å². The number of carboxylic acids is 1. The van der Waals surface area contributed by atoms with Gasteiger partial charge in [0.2, 0.25) is 0 Å². The van der Waals surface area contributed by atoms with Gasteiger partial charge in [0.05, 0.1) is 6.42 Å². The van der Waals surface area contributed by atoms with Crippen LogP contribution in [0.2, 0.25) is 0 Å². The quantitative estimate of drug-likeness (QED) is 0.868. The summed E-state index contributed by atoms with van der Waals surface area (Å²) in [5.41, 5.74) is 1.74. The van der Waals surface area contributed by atoms with Crippen LogP contribution in [-0.4, -0.2) is 33.2 Å². The average molecular weight is 279 g/mol. The van der Waals surface area contributed by atoms with Crippen molar-refractivity contribution < 1.29 is 15.0 Å². The summed E-state index contributed by atoms with van der Waals surface area (Å²) in [6, 6.07) is 5.47. The summed E-state index contributed by atoms with van der Waals surface area (Å²) in [5.74, 6) is -0.549. The zero-order valence-electron chi connectivity index (χ0n) is 13.0. The molecule has 1 atom stereocenters. The summed E-state index contributed by atoms with van der Waals surface area (Å²) >= 11 is 0. The third-order valence-corrected chi connectivity index (χ3v) is 3.53. The van der Waals surface area contributed by atoms with Crippen molar-refractivity contribution >= 4 is 5.97 Å². The van der Waals surface area contributed by atoms with Crippen molar-refractivity contribution in [2.24, 2.45) is 0 Å². The molecule has 0 amide bonds. The van der Waals surface area contributed by atoms with E-state index in [0.717, 1.165) is 11.1 Å². The molecule has 0 radical (unpaired) electrons. The standard InChI is InChI=1S/C16H25NO3/c1-11-6-7-14(18)13(10-11)12(2)17(16(3,4)5)9-8-15(19)20/h6-7,10,12,18H,8-9H2,1-5H3,(H,19,20). The second-order valence-corrected chi connectivity index (χ2v) is 6.25. The molecule has 0 aliphatic carbocycles. The largest absolute Gasteiger partial charge is 0.508 e. The molecule has 0 saturated carbocycles. The molecule has 0 aliphatic heterocycles. The van der Waals surface area contributed by atoms with Crippen LogP contribution in [0.25, 0.3) is 0 Å². The first kappa shape index (κ1) is 16.5. The van der Waals surface area contributed by atoms with Crippen LogP contribution in [-0.2, 0) is 4.79 Å². The van der Waals surface area contributed by atoms with Crippen molar-refractivity contribution in [3.63, 3.8) is 0 Å². The lowest BCUT2D eigenvalue weighted by Crippen LogP contribution is -2.44. The second kappa shape index (κ2) is 6.27. The lowest BCUT2D eigenvalue weighted by molar-refractivity contribution is -0.137. The van der Waals surface area contributed by atoms with E-state index in [1.807, 2.05) is 26.0 Å². The van der Waals surface area contributed by atoms with Crippen molar-refractivity contribution in [3.05, 3.63) is 29.3 Å². The summed E-state index contributed by atoms with van der Waals surface area (Å²) in [7, 11) is 0. The van der Waals surface area contributed by atoms with E-state index in [0.29, 0.717) is 6.54 Å². The van der Waals surface area contributed by atoms with E-state index in [4.69, 9.17) is 5.11 Å². The molecule has 20 heavy (non-hydrogen) atoms. The highest BCUT2D eigenvalue weighted by Crippen LogP contribution is 2.33. The lowest BCUT2D eigenvalue weighted by atomic mass is 9.97. The topological polar surface area (TPSA) is 60.8 Å². The average Bonchev–Trinajstić information content (AvgIpc) is 2.30. The van der Waals surface area contributed by atoms with Crippen molar-refractivity contribution in [2.75, 3.05) is 6.54 Å². The van der Waals surface area contributed by atoms with Gasteiger partial charge in [0.25, 0.3) is 0 Å². The molecule has 1 unspecified atom stereocenters. The SMILES string of the molecule is Cc1ccc(O)c(C(C)N(CCC(=O)O)C(C)(C)C)c1. The molecule has 4 nitrogen and oxygen atoms in total. The van der Waals surface area contributed by atoms with Crippen LogP contribution in [0.4, 0.5) is 0 Å². The van der Waals surface area contributed by atoms with Gasteiger partial charge in [-0.3, -0.25) is 9.69 Å². The van der Waals surface area contributed by atoms with Gasteiger partial charge in [0.1, 0.15) is 5.75 Å². The number of aliphatic carboxylic acids is 1. The Balaban J connectivity index is 3.06. The highest BCUT2D eigenvalue weighted by molar-refractivity contribution is 5.66. The molecule has 0 aliphatic rings. The number of carboxylic acid groups (broad SMARTS) is 1. The molecule has 0 spiro atoms. The molecule has 0 aromatic heterocycles. The van der Waals surface area contributed by atoms with Crippen molar-refractivity contribution in [1.29, 1.82) is 0 Å². The van der Waals surface area contributed by atoms with E-state index < -0.39 is 5.97 Å². The highest BCUT2D eigenvalue weighted by atomic mass is 16.4. The molecule has 0 heterocycles. The van der Waals surface area contributed by atoms with E-state index in [-0.39, 0.29) is 23.8 Å². The molecular formula is C16H25NO3. The Hall–Kier alpha value is -1.55. The van der Waals surface area contributed by atoms with Crippen LogP contribution >= 0.6 is 0 Å². The molecule has 0 saturated heterocycles. The van der Waals surface area contributed by atoms with Gasteiger partial charge >= 0.3 is 5.97 Å². The van der Waals surface area contributed by atoms with Gasteiger partial charge < -0.3 is 10.2 Å². The Morgan fingerprint density at radius 1 is 1.35 bits per heavy atom. The first-order valence-electron chi connectivity index (χ1n) is 6.91. The normalized spacial score (nSPS) is 13.5. The summed E-state index contributed by atoms with van der Waals surface area (Å²) in [5, 5.41) is 19.0. The molecule has 2 N–H and O–H groups in total. The van der Waals surface area contributed by atoms with Crippen LogP contribution in [0.5, 0.6) is 5.75 Å². The smallest absolute Gasteiger partial charge is 0.304 e. The predicted octanol–water partition coefficient (Wildman–Crippen LogP) is 3.34. The number of phenolic OH excluding ortho intramolecular Hbond substituents is 1. The number of hydrogen-bond donors (Lipinski definition) is 2. The number of benzene rings is 1.